The molecule has 1 unspecified atom stereocenters. The summed E-state index contributed by atoms with van der Waals surface area (Å²) in [5, 5.41) is 9.83. The molecule has 1 atom stereocenters. The first-order chi connectivity index (χ1) is 14.2. The number of carboxylic acids is 1. The molecule has 1 aliphatic rings. The van der Waals surface area contributed by atoms with E-state index in [1.807, 2.05) is 0 Å². The van der Waals surface area contributed by atoms with Gasteiger partial charge in [-0.1, -0.05) is 30.3 Å². The van der Waals surface area contributed by atoms with Crippen molar-refractivity contribution in [2.24, 2.45) is 0 Å². The number of hydrogen-bond acceptors (Lipinski definition) is 4. The van der Waals surface area contributed by atoms with E-state index in [1.165, 1.54) is 14.2 Å². The first-order valence-corrected chi connectivity index (χ1v) is 9.11. The van der Waals surface area contributed by atoms with Crippen LogP contribution in [0.2, 0.25) is 0 Å². The monoisotopic (exact) mass is 423 g/mol. The minimum atomic E-state index is -5.03. The van der Waals surface area contributed by atoms with E-state index in [0.717, 1.165) is 4.90 Å². The highest BCUT2D eigenvalue weighted by Gasteiger charge is 2.44. The van der Waals surface area contributed by atoms with Gasteiger partial charge >= 0.3 is 18.1 Å². The summed E-state index contributed by atoms with van der Waals surface area (Å²) in [6, 6.07) is 10.3. The van der Waals surface area contributed by atoms with Gasteiger partial charge in [-0.2, -0.15) is 13.2 Å². The van der Waals surface area contributed by atoms with Crippen molar-refractivity contribution in [3.8, 4) is 11.5 Å². The van der Waals surface area contributed by atoms with Crippen molar-refractivity contribution in [2.75, 3.05) is 27.3 Å². The highest BCUT2D eigenvalue weighted by atomic mass is 19.4. The molecule has 160 valence electrons. The molecule has 1 N–H and O–H groups in total. The van der Waals surface area contributed by atoms with Crippen LogP contribution in [-0.2, 0) is 11.2 Å². The number of carboxylic acid groups (broad SMARTS) is 1. The summed E-state index contributed by atoms with van der Waals surface area (Å²) in [7, 11) is 2.64. The van der Waals surface area contributed by atoms with Crippen LogP contribution in [0, 0.1) is 0 Å². The molecule has 0 bridgehead atoms. The average Bonchev–Trinajstić information content (AvgIpc) is 2.91. The van der Waals surface area contributed by atoms with Crippen molar-refractivity contribution in [3.63, 3.8) is 0 Å². The Hall–Kier alpha value is -3.23. The summed E-state index contributed by atoms with van der Waals surface area (Å²) in [6.45, 7) is -0.520. The summed E-state index contributed by atoms with van der Waals surface area (Å²) >= 11 is 0. The average molecular weight is 423 g/mol. The zero-order valence-corrected chi connectivity index (χ0v) is 16.3. The van der Waals surface area contributed by atoms with Crippen LogP contribution in [0.15, 0.2) is 36.4 Å². The van der Waals surface area contributed by atoms with Gasteiger partial charge in [0, 0.05) is 19.0 Å². The second kappa shape index (κ2) is 8.25. The molecule has 2 aromatic carbocycles. The lowest BCUT2D eigenvalue weighted by Crippen LogP contribution is -2.43. The van der Waals surface area contributed by atoms with Crippen molar-refractivity contribution >= 4 is 11.9 Å². The Morgan fingerprint density at radius 3 is 2.33 bits per heavy atom. The van der Waals surface area contributed by atoms with E-state index in [0.29, 0.717) is 16.7 Å². The summed E-state index contributed by atoms with van der Waals surface area (Å²) in [5.74, 6) is -3.76. The Morgan fingerprint density at radius 2 is 1.80 bits per heavy atom. The van der Waals surface area contributed by atoms with E-state index >= 15 is 0 Å². The molecule has 1 aliphatic heterocycles. The number of nitrogens with zero attached hydrogens (tertiary/aromatic N) is 1. The van der Waals surface area contributed by atoms with Crippen molar-refractivity contribution in [3.05, 3.63) is 58.7 Å². The number of benzene rings is 2. The van der Waals surface area contributed by atoms with Crippen LogP contribution in [0.5, 0.6) is 11.5 Å². The highest BCUT2D eigenvalue weighted by Crippen LogP contribution is 2.42. The van der Waals surface area contributed by atoms with E-state index < -0.39 is 24.0 Å². The lowest BCUT2D eigenvalue weighted by atomic mass is 9.85. The molecule has 30 heavy (non-hydrogen) atoms. The lowest BCUT2D eigenvalue weighted by Gasteiger charge is -2.26. The maximum atomic E-state index is 13.1. The third-order valence-electron chi connectivity index (χ3n) is 5.17. The van der Waals surface area contributed by atoms with Gasteiger partial charge in [-0.25, -0.2) is 4.79 Å². The van der Waals surface area contributed by atoms with Crippen LogP contribution >= 0.6 is 0 Å². The second-order valence-electron chi connectivity index (χ2n) is 6.82. The largest absolute Gasteiger partial charge is 0.493 e. The van der Waals surface area contributed by atoms with Crippen molar-refractivity contribution < 1.29 is 37.3 Å². The summed E-state index contributed by atoms with van der Waals surface area (Å²) < 4.78 is 50.0. The second-order valence-corrected chi connectivity index (χ2v) is 6.82. The Balaban J connectivity index is 2.25. The summed E-state index contributed by atoms with van der Waals surface area (Å²) in [4.78, 5) is 24.8. The number of ether oxygens (including phenoxy) is 2. The highest BCUT2D eigenvalue weighted by molar-refractivity contribution is 5.95. The number of fused-ring (bicyclic) bond motifs is 1. The predicted molar refractivity (Wildman–Crippen MR) is 101 cm³/mol. The van der Waals surface area contributed by atoms with Crippen molar-refractivity contribution in [2.45, 2.75) is 18.5 Å². The van der Waals surface area contributed by atoms with Crippen LogP contribution in [0.4, 0.5) is 13.2 Å². The van der Waals surface area contributed by atoms with Crippen LogP contribution in [0.3, 0.4) is 0 Å². The normalized spacial score (nSPS) is 16.4. The summed E-state index contributed by atoms with van der Waals surface area (Å²) in [6.07, 6.45) is -5.09. The van der Waals surface area contributed by atoms with E-state index in [9.17, 15) is 27.9 Å². The van der Waals surface area contributed by atoms with Crippen LogP contribution in [0.1, 0.15) is 33.0 Å². The molecule has 6 nitrogen and oxygen atoms in total. The Kier molecular flexibility index (Phi) is 5.91. The van der Waals surface area contributed by atoms with E-state index in [2.05, 4.69) is 0 Å². The first kappa shape index (κ1) is 21.5. The summed E-state index contributed by atoms with van der Waals surface area (Å²) in [5.41, 5.74) is 1.30. The van der Waals surface area contributed by atoms with E-state index in [4.69, 9.17) is 9.47 Å². The molecule has 0 spiro atoms. The molecule has 0 fully saturated rings. The van der Waals surface area contributed by atoms with E-state index in [-0.39, 0.29) is 36.6 Å². The zero-order valence-electron chi connectivity index (χ0n) is 16.3. The molecule has 2 aromatic rings. The molecule has 1 amide bonds. The van der Waals surface area contributed by atoms with Gasteiger partial charge in [0.05, 0.1) is 14.2 Å². The van der Waals surface area contributed by atoms with Crippen LogP contribution in [-0.4, -0.2) is 55.4 Å². The van der Waals surface area contributed by atoms with Gasteiger partial charge in [-0.05, 0) is 29.2 Å². The third kappa shape index (κ3) is 3.92. The van der Waals surface area contributed by atoms with Gasteiger partial charge in [0.2, 0.25) is 0 Å². The maximum absolute atomic E-state index is 13.1. The Labute approximate surface area is 170 Å². The number of amides is 1. The number of hydrogen-bond donors (Lipinski definition) is 1. The van der Waals surface area contributed by atoms with Crippen molar-refractivity contribution in [1.29, 1.82) is 0 Å². The quantitative estimate of drug-likeness (QED) is 0.815. The number of halogens is 3. The molecule has 3 rings (SSSR count). The smallest absolute Gasteiger partial charge is 0.471 e. The number of alkyl halides is 3. The Bertz CT molecular complexity index is 959. The molecule has 0 radical (unpaired) electrons. The van der Waals surface area contributed by atoms with Crippen LogP contribution in [0.25, 0.3) is 0 Å². The predicted octanol–water partition coefficient (Wildman–Crippen LogP) is 3.48. The first-order valence-electron chi connectivity index (χ1n) is 9.11. The van der Waals surface area contributed by atoms with Gasteiger partial charge in [0.25, 0.3) is 0 Å². The molecular weight excluding hydrogens is 403 g/mol. The molecule has 0 saturated heterocycles. The van der Waals surface area contributed by atoms with E-state index in [1.54, 1.807) is 36.4 Å². The van der Waals surface area contributed by atoms with Gasteiger partial charge in [-0.15, -0.1) is 0 Å². The van der Waals surface area contributed by atoms with Gasteiger partial charge in [0.15, 0.2) is 11.5 Å². The molecular formula is C21H20F3NO5. The SMILES string of the molecule is COc1cc2c(c(C(=O)O)c1OC)CCN(C(=O)C(F)(F)F)CC2c1ccccc1. The van der Waals surface area contributed by atoms with Gasteiger partial charge in [-0.3, -0.25) is 4.79 Å². The minimum Gasteiger partial charge on any atom is -0.493 e. The fraction of sp³-hybridized carbons (Fsp3) is 0.333. The van der Waals surface area contributed by atoms with Gasteiger partial charge in [0.1, 0.15) is 5.56 Å². The minimum absolute atomic E-state index is 0.00819. The number of rotatable bonds is 4. The molecule has 1 heterocycles. The Morgan fingerprint density at radius 1 is 1.13 bits per heavy atom. The standard InChI is InChI=1S/C21H20F3NO5/c1-29-16-10-14-13(17(19(26)27)18(16)30-2)8-9-25(20(28)21(22,23)24)11-15(14)12-6-4-3-5-7-12/h3-7,10,15H,8-9,11H2,1-2H3,(H,26,27). The molecule has 0 aromatic heterocycles. The molecule has 0 aliphatic carbocycles. The number of carbonyl (C=O) groups is 2. The number of aromatic carboxylic acids is 1. The molecule has 0 saturated carbocycles. The number of carbonyl (C=O) groups excluding carboxylic acids is 1. The lowest BCUT2D eigenvalue weighted by molar-refractivity contribution is -0.185. The zero-order chi connectivity index (χ0) is 22.1. The van der Waals surface area contributed by atoms with Crippen LogP contribution < -0.4 is 9.47 Å². The number of methoxy groups -OCH3 is 2. The van der Waals surface area contributed by atoms with Crippen molar-refractivity contribution in [1.82, 2.24) is 4.90 Å². The maximum Gasteiger partial charge on any atom is 0.471 e. The third-order valence-corrected chi connectivity index (χ3v) is 5.17. The molecule has 9 heteroatoms. The van der Waals surface area contributed by atoms with Gasteiger partial charge < -0.3 is 19.5 Å². The topological polar surface area (TPSA) is 76.1 Å². The fourth-order valence-electron chi connectivity index (χ4n) is 3.85. The fourth-order valence-corrected chi connectivity index (χ4v) is 3.85.